The number of nitrogens with one attached hydrogen (secondary N) is 2. The molecule has 0 saturated carbocycles. The maximum atomic E-state index is 4.32. The largest absolute Gasteiger partial charge is 0.307 e. The van der Waals surface area contributed by atoms with Crippen LogP contribution in [0.25, 0.3) is 0 Å². The van der Waals surface area contributed by atoms with Crippen molar-refractivity contribution in [2.75, 3.05) is 6.54 Å². The number of likely N-dealkylation sites (N-methyl/N-ethyl adjacent to an activating group) is 1. The molecule has 0 fully saturated rings. The van der Waals surface area contributed by atoms with Crippen LogP contribution in [-0.4, -0.2) is 36.5 Å². The summed E-state index contributed by atoms with van der Waals surface area (Å²) in [7, 11) is 0. The Bertz CT molecular complexity index is 459. The number of hydrogen-bond acceptors (Lipinski definition) is 5. The summed E-state index contributed by atoms with van der Waals surface area (Å²) in [6.45, 7) is 7.11. The third-order valence-electron chi connectivity index (χ3n) is 2.74. The third kappa shape index (κ3) is 2.73. The minimum Gasteiger partial charge on any atom is -0.307 e. The lowest BCUT2D eigenvalue weighted by Crippen LogP contribution is -2.26. The van der Waals surface area contributed by atoms with Gasteiger partial charge in [-0.05, 0) is 20.4 Å². The van der Waals surface area contributed by atoms with Crippen molar-refractivity contribution in [3.05, 3.63) is 24.3 Å². The highest BCUT2D eigenvalue weighted by atomic mass is 15.3. The van der Waals surface area contributed by atoms with E-state index in [4.69, 9.17) is 0 Å². The first kappa shape index (κ1) is 12.7. The van der Waals surface area contributed by atoms with Crippen molar-refractivity contribution in [2.24, 2.45) is 0 Å². The van der Waals surface area contributed by atoms with Crippen molar-refractivity contribution in [1.82, 2.24) is 35.3 Å². The van der Waals surface area contributed by atoms with Crippen LogP contribution in [0.5, 0.6) is 0 Å². The van der Waals surface area contributed by atoms with E-state index in [9.17, 15) is 0 Å². The molecule has 2 heterocycles. The highest BCUT2D eigenvalue weighted by molar-refractivity contribution is 4.99. The van der Waals surface area contributed by atoms with Crippen molar-refractivity contribution in [3.63, 3.8) is 0 Å². The first-order valence-electron chi connectivity index (χ1n) is 6.19. The summed E-state index contributed by atoms with van der Waals surface area (Å²) in [5.74, 6) is 1.78. The first-order valence-corrected chi connectivity index (χ1v) is 6.19. The van der Waals surface area contributed by atoms with Gasteiger partial charge in [0, 0.05) is 12.5 Å². The van der Waals surface area contributed by atoms with Gasteiger partial charge in [-0.3, -0.25) is 5.10 Å². The molecule has 0 amide bonds. The average molecular weight is 249 g/mol. The van der Waals surface area contributed by atoms with E-state index in [1.807, 2.05) is 4.68 Å². The van der Waals surface area contributed by atoms with Crippen LogP contribution in [0.15, 0.2) is 12.7 Å². The van der Waals surface area contributed by atoms with E-state index in [2.05, 4.69) is 51.4 Å². The van der Waals surface area contributed by atoms with Crippen molar-refractivity contribution in [3.8, 4) is 0 Å². The van der Waals surface area contributed by atoms with Crippen molar-refractivity contribution >= 4 is 0 Å². The zero-order valence-electron chi connectivity index (χ0n) is 11.0. The van der Waals surface area contributed by atoms with E-state index in [1.54, 1.807) is 6.33 Å². The minimum absolute atomic E-state index is 0.0826. The van der Waals surface area contributed by atoms with Crippen molar-refractivity contribution in [2.45, 2.75) is 39.3 Å². The molecule has 7 nitrogen and oxygen atoms in total. The number of H-pyrrole nitrogens is 1. The summed E-state index contributed by atoms with van der Waals surface area (Å²) in [4.78, 5) is 8.52. The molecule has 2 aromatic heterocycles. The van der Waals surface area contributed by atoms with Gasteiger partial charge in [0.25, 0.3) is 0 Å². The van der Waals surface area contributed by atoms with Crippen LogP contribution in [0.3, 0.4) is 0 Å². The summed E-state index contributed by atoms with van der Waals surface area (Å²) >= 11 is 0. The molecule has 18 heavy (non-hydrogen) atoms. The smallest absolute Gasteiger partial charge is 0.141 e. The van der Waals surface area contributed by atoms with Crippen molar-refractivity contribution in [1.29, 1.82) is 0 Å². The number of rotatable bonds is 6. The van der Waals surface area contributed by atoms with Gasteiger partial charge in [-0.1, -0.05) is 6.92 Å². The lowest BCUT2D eigenvalue weighted by molar-refractivity contribution is 0.459. The number of hydrogen-bond donors (Lipinski definition) is 2. The molecule has 98 valence electrons. The molecule has 2 rings (SSSR count). The third-order valence-corrected chi connectivity index (χ3v) is 2.74. The molecule has 0 radical (unpaired) electrons. The van der Waals surface area contributed by atoms with Crippen LogP contribution in [0.2, 0.25) is 0 Å². The molecule has 0 spiro atoms. The van der Waals surface area contributed by atoms with Gasteiger partial charge in [-0.2, -0.15) is 10.2 Å². The first-order chi connectivity index (χ1) is 8.72. The molecule has 0 saturated heterocycles. The number of aromatic nitrogens is 6. The van der Waals surface area contributed by atoms with Gasteiger partial charge >= 0.3 is 0 Å². The highest BCUT2D eigenvalue weighted by Gasteiger charge is 2.18. The maximum absolute atomic E-state index is 4.32. The zero-order chi connectivity index (χ0) is 13.0. The SMILES string of the molecule is CCNC(Cc1ncnn1C(C)C)c1ncn[nH]1. The normalized spacial score (nSPS) is 13.1. The Morgan fingerprint density at radius 1 is 1.33 bits per heavy atom. The van der Waals surface area contributed by atoms with Crippen LogP contribution in [0.4, 0.5) is 0 Å². The van der Waals surface area contributed by atoms with E-state index in [0.717, 1.165) is 24.6 Å². The Balaban J connectivity index is 2.16. The average Bonchev–Trinajstić information content (AvgIpc) is 2.99. The van der Waals surface area contributed by atoms with E-state index < -0.39 is 0 Å². The van der Waals surface area contributed by atoms with E-state index in [0.29, 0.717) is 6.04 Å². The molecule has 2 N–H and O–H groups in total. The van der Waals surface area contributed by atoms with Crippen LogP contribution >= 0.6 is 0 Å². The summed E-state index contributed by atoms with van der Waals surface area (Å²) in [6.07, 6.45) is 3.85. The Morgan fingerprint density at radius 2 is 2.17 bits per heavy atom. The maximum Gasteiger partial charge on any atom is 0.141 e. The van der Waals surface area contributed by atoms with Crippen LogP contribution < -0.4 is 5.32 Å². The fourth-order valence-corrected chi connectivity index (χ4v) is 1.93. The lowest BCUT2D eigenvalue weighted by Gasteiger charge is -2.16. The van der Waals surface area contributed by atoms with E-state index in [1.165, 1.54) is 6.33 Å². The van der Waals surface area contributed by atoms with Gasteiger partial charge in [0.2, 0.25) is 0 Å². The van der Waals surface area contributed by atoms with E-state index >= 15 is 0 Å². The fourth-order valence-electron chi connectivity index (χ4n) is 1.93. The van der Waals surface area contributed by atoms with Crippen molar-refractivity contribution < 1.29 is 0 Å². The Morgan fingerprint density at radius 3 is 2.78 bits per heavy atom. The highest BCUT2D eigenvalue weighted by Crippen LogP contribution is 2.15. The van der Waals surface area contributed by atoms with Crippen LogP contribution in [0.1, 0.15) is 44.5 Å². The lowest BCUT2D eigenvalue weighted by atomic mass is 10.2. The fraction of sp³-hybridized carbons (Fsp3) is 0.636. The van der Waals surface area contributed by atoms with Gasteiger partial charge in [0.1, 0.15) is 24.3 Å². The standard InChI is InChI=1S/C11H19N7/c1-4-12-9(11-14-6-15-17-11)5-10-13-7-16-18(10)8(2)3/h6-9,12H,4-5H2,1-3H3,(H,14,15,17). The van der Waals surface area contributed by atoms with Gasteiger partial charge in [0.15, 0.2) is 0 Å². The van der Waals surface area contributed by atoms with Crippen LogP contribution in [0, 0.1) is 0 Å². The molecule has 0 aliphatic rings. The molecule has 0 bridgehead atoms. The Kier molecular flexibility index (Phi) is 4.03. The topological polar surface area (TPSA) is 84.3 Å². The number of nitrogens with zero attached hydrogens (tertiary/aromatic N) is 5. The van der Waals surface area contributed by atoms with Gasteiger partial charge in [-0.15, -0.1) is 0 Å². The summed E-state index contributed by atoms with van der Waals surface area (Å²) < 4.78 is 1.93. The quantitative estimate of drug-likeness (QED) is 0.793. The zero-order valence-corrected chi connectivity index (χ0v) is 11.0. The molecule has 2 aromatic rings. The molecule has 7 heteroatoms. The summed E-state index contributed by atoms with van der Waals surface area (Å²) in [6, 6.07) is 0.388. The van der Waals surface area contributed by atoms with Gasteiger partial charge in [0.05, 0.1) is 6.04 Å². The van der Waals surface area contributed by atoms with Gasteiger partial charge < -0.3 is 5.32 Å². The molecule has 0 aliphatic carbocycles. The molecule has 1 unspecified atom stereocenters. The molecule has 0 aliphatic heterocycles. The minimum atomic E-state index is 0.0826. The Hall–Kier alpha value is -1.76. The second kappa shape index (κ2) is 5.72. The Labute approximate surface area is 106 Å². The molecular weight excluding hydrogens is 230 g/mol. The molecular formula is C11H19N7. The summed E-state index contributed by atoms with van der Waals surface area (Å²) in [5.41, 5.74) is 0. The predicted octanol–water partition coefficient (Wildman–Crippen LogP) is 0.870. The van der Waals surface area contributed by atoms with Gasteiger partial charge in [-0.25, -0.2) is 14.6 Å². The summed E-state index contributed by atoms with van der Waals surface area (Å²) in [5, 5.41) is 14.4. The van der Waals surface area contributed by atoms with Crippen LogP contribution in [-0.2, 0) is 6.42 Å². The second-order valence-corrected chi connectivity index (χ2v) is 4.40. The molecule has 1 atom stereocenters. The van der Waals surface area contributed by atoms with E-state index in [-0.39, 0.29) is 6.04 Å². The number of aromatic amines is 1. The second-order valence-electron chi connectivity index (χ2n) is 4.40. The monoisotopic (exact) mass is 249 g/mol. The molecule has 0 aromatic carbocycles. The predicted molar refractivity (Wildman–Crippen MR) is 66.9 cm³/mol.